The second-order valence-electron chi connectivity index (χ2n) is 5.94. The molecule has 112 valence electrons. The summed E-state index contributed by atoms with van der Waals surface area (Å²) < 4.78 is 0. The number of para-hydroxylation sites is 1. The van der Waals surface area contributed by atoms with E-state index >= 15 is 0 Å². The van der Waals surface area contributed by atoms with E-state index in [2.05, 4.69) is 55.3 Å². The third kappa shape index (κ3) is 3.54. The fraction of sp³-hybridized carbons (Fsp3) is 0.667. The van der Waals surface area contributed by atoms with Gasteiger partial charge in [-0.1, -0.05) is 45.4 Å². The summed E-state index contributed by atoms with van der Waals surface area (Å²) in [6.45, 7) is 10.3. The lowest BCUT2D eigenvalue weighted by molar-refractivity contribution is 0.403. The molecule has 0 amide bonds. The van der Waals surface area contributed by atoms with Crippen LogP contribution in [0, 0.1) is 5.92 Å². The highest BCUT2D eigenvalue weighted by Crippen LogP contribution is 2.31. The molecule has 1 saturated heterocycles. The third-order valence-corrected chi connectivity index (χ3v) is 4.61. The van der Waals surface area contributed by atoms with Gasteiger partial charge in [0.2, 0.25) is 0 Å². The summed E-state index contributed by atoms with van der Waals surface area (Å²) in [5.41, 5.74) is 2.94. The Morgan fingerprint density at radius 3 is 2.75 bits per heavy atom. The smallest absolute Gasteiger partial charge is 0.0414 e. The number of nitrogens with zero attached hydrogens (tertiary/aromatic N) is 1. The van der Waals surface area contributed by atoms with Gasteiger partial charge in [0.05, 0.1) is 0 Å². The quantitative estimate of drug-likeness (QED) is 0.828. The van der Waals surface area contributed by atoms with Crippen LogP contribution < -0.4 is 10.2 Å². The average Bonchev–Trinajstić information content (AvgIpc) is 2.52. The van der Waals surface area contributed by atoms with Gasteiger partial charge in [-0.2, -0.15) is 0 Å². The molecule has 1 fully saturated rings. The first kappa shape index (κ1) is 15.4. The van der Waals surface area contributed by atoms with Gasteiger partial charge in [0, 0.05) is 24.8 Å². The predicted octanol–water partition coefficient (Wildman–Crippen LogP) is 4.37. The summed E-state index contributed by atoms with van der Waals surface area (Å²) in [6.07, 6.45) is 5.20. The number of benzene rings is 1. The van der Waals surface area contributed by atoms with Crippen molar-refractivity contribution < 1.29 is 0 Å². The van der Waals surface area contributed by atoms with E-state index < -0.39 is 0 Å². The molecule has 2 heteroatoms. The number of piperidine rings is 1. The molecule has 0 saturated carbocycles. The molecule has 2 unspecified atom stereocenters. The summed E-state index contributed by atoms with van der Waals surface area (Å²) in [5.74, 6) is 0.871. The van der Waals surface area contributed by atoms with Gasteiger partial charge in [-0.3, -0.25) is 0 Å². The molecule has 0 bridgehead atoms. The first-order valence-electron chi connectivity index (χ1n) is 8.37. The average molecular weight is 274 g/mol. The lowest BCUT2D eigenvalue weighted by atomic mass is 9.93. The number of rotatable bonds is 6. The predicted molar refractivity (Wildman–Crippen MR) is 88.4 cm³/mol. The second kappa shape index (κ2) is 7.68. The van der Waals surface area contributed by atoms with Gasteiger partial charge in [0.1, 0.15) is 0 Å². The minimum atomic E-state index is 0.484. The Labute approximate surface area is 124 Å². The minimum Gasteiger partial charge on any atom is -0.371 e. The van der Waals surface area contributed by atoms with E-state index in [0.29, 0.717) is 6.04 Å². The van der Waals surface area contributed by atoms with Crippen molar-refractivity contribution >= 4 is 5.69 Å². The van der Waals surface area contributed by atoms with Gasteiger partial charge in [-0.15, -0.1) is 0 Å². The first-order chi connectivity index (χ1) is 9.80. The van der Waals surface area contributed by atoms with Crippen molar-refractivity contribution in [2.75, 3.05) is 24.5 Å². The zero-order valence-corrected chi connectivity index (χ0v) is 13.4. The van der Waals surface area contributed by atoms with Crippen LogP contribution >= 0.6 is 0 Å². The van der Waals surface area contributed by atoms with E-state index in [-0.39, 0.29) is 0 Å². The van der Waals surface area contributed by atoms with Crippen LogP contribution in [0.2, 0.25) is 0 Å². The fourth-order valence-electron chi connectivity index (χ4n) is 3.41. The molecule has 1 N–H and O–H groups in total. The van der Waals surface area contributed by atoms with Crippen molar-refractivity contribution in [1.29, 1.82) is 0 Å². The van der Waals surface area contributed by atoms with Gasteiger partial charge in [-0.25, -0.2) is 0 Å². The molecular formula is C18H30N2. The summed E-state index contributed by atoms with van der Waals surface area (Å²) >= 11 is 0. The largest absolute Gasteiger partial charge is 0.371 e. The molecule has 0 spiro atoms. The van der Waals surface area contributed by atoms with Crippen molar-refractivity contribution in [3.05, 3.63) is 29.8 Å². The van der Waals surface area contributed by atoms with E-state index in [1.807, 2.05) is 0 Å². The van der Waals surface area contributed by atoms with E-state index in [4.69, 9.17) is 0 Å². The van der Waals surface area contributed by atoms with Crippen LogP contribution in [0.4, 0.5) is 5.69 Å². The Kier molecular flexibility index (Phi) is 5.90. The summed E-state index contributed by atoms with van der Waals surface area (Å²) in [6, 6.07) is 9.47. The molecule has 2 rings (SSSR count). The SMILES string of the molecule is CCNC(CC)c1ccccc1N1CCCC(CC)C1. The lowest BCUT2D eigenvalue weighted by Gasteiger charge is -2.36. The van der Waals surface area contributed by atoms with Gasteiger partial charge in [-0.05, 0) is 43.4 Å². The Morgan fingerprint density at radius 2 is 2.05 bits per heavy atom. The highest BCUT2D eigenvalue weighted by atomic mass is 15.1. The van der Waals surface area contributed by atoms with Gasteiger partial charge in [0.25, 0.3) is 0 Å². The van der Waals surface area contributed by atoms with E-state index in [0.717, 1.165) is 18.9 Å². The number of nitrogens with one attached hydrogen (secondary N) is 1. The maximum atomic E-state index is 3.63. The van der Waals surface area contributed by atoms with Crippen LogP contribution in [0.3, 0.4) is 0 Å². The zero-order chi connectivity index (χ0) is 14.4. The molecule has 1 aromatic rings. The second-order valence-corrected chi connectivity index (χ2v) is 5.94. The van der Waals surface area contributed by atoms with Gasteiger partial charge < -0.3 is 10.2 Å². The topological polar surface area (TPSA) is 15.3 Å². The highest BCUT2D eigenvalue weighted by molar-refractivity contribution is 5.55. The van der Waals surface area contributed by atoms with Crippen LogP contribution in [-0.2, 0) is 0 Å². The maximum absolute atomic E-state index is 3.63. The van der Waals surface area contributed by atoms with Crippen LogP contribution in [0.15, 0.2) is 24.3 Å². The lowest BCUT2D eigenvalue weighted by Crippen LogP contribution is -2.36. The van der Waals surface area contributed by atoms with Crippen molar-refractivity contribution in [2.45, 2.75) is 52.5 Å². The van der Waals surface area contributed by atoms with Crippen LogP contribution in [-0.4, -0.2) is 19.6 Å². The van der Waals surface area contributed by atoms with Gasteiger partial charge >= 0.3 is 0 Å². The molecule has 1 aromatic carbocycles. The normalized spacial score (nSPS) is 20.9. The fourth-order valence-corrected chi connectivity index (χ4v) is 3.41. The molecule has 0 aliphatic carbocycles. The highest BCUT2D eigenvalue weighted by Gasteiger charge is 2.22. The summed E-state index contributed by atoms with van der Waals surface area (Å²) in [7, 11) is 0. The Morgan fingerprint density at radius 1 is 1.25 bits per heavy atom. The minimum absolute atomic E-state index is 0.484. The van der Waals surface area contributed by atoms with Crippen LogP contribution in [0.5, 0.6) is 0 Å². The standard InChI is InChI=1S/C18H30N2/c1-4-15-10-9-13-20(14-15)18-12-8-7-11-16(18)17(5-2)19-6-3/h7-8,11-12,15,17,19H,4-6,9-10,13-14H2,1-3H3. The molecule has 2 atom stereocenters. The summed E-state index contributed by atoms with van der Waals surface area (Å²) in [5, 5.41) is 3.63. The van der Waals surface area contributed by atoms with E-state index in [1.54, 1.807) is 0 Å². The number of hydrogen-bond donors (Lipinski definition) is 1. The molecule has 2 nitrogen and oxygen atoms in total. The Bertz CT molecular complexity index is 402. The van der Waals surface area contributed by atoms with Crippen LogP contribution in [0.25, 0.3) is 0 Å². The van der Waals surface area contributed by atoms with Gasteiger partial charge in [0.15, 0.2) is 0 Å². The molecular weight excluding hydrogens is 244 g/mol. The number of hydrogen-bond acceptors (Lipinski definition) is 2. The Balaban J connectivity index is 2.22. The van der Waals surface area contributed by atoms with E-state index in [9.17, 15) is 0 Å². The number of anilines is 1. The molecule has 1 aliphatic heterocycles. The molecule has 0 aromatic heterocycles. The third-order valence-electron chi connectivity index (χ3n) is 4.61. The molecule has 0 radical (unpaired) electrons. The molecule has 1 heterocycles. The molecule has 20 heavy (non-hydrogen) atoms. The van der Waals surface area contributed by atoms with Crippen molar-refractivity contribution in [1.82, 2.24) is 5.32 Å². The maximum Gasteiger partial charge on any atom is 0.0414 e. The zero-order valence-electron chi connectivity index (χ0n) is 13.4. The first-order valence-corrected chi connectivity index (χ1v) is 8.37. The van der Waals surface area contributed by atoms with Crippen molar-refractivity contribution in [3.63, 3.8) is 0 Å². The van der Waals surface area contributed by atoms with Crippen molar-refractivity contribution in [2.24, 2.45) is 5.92 Å². The van der Waals surface area contributed by atoms with Crippen molar-refractivity contribution in [3.8, 4) is 0 Å². The van der Waals surface area contributed by atoms with Crippen LogP contribution in [0.1, 0.15) is 58.1 Å². The molecule has 1 aliphatic rings. The monoisotopic (exact) mass is 274 g/mol. The summed E-state index contributed by atoms with van der Waals surface area (Å²) in [4.78, 5) is 2.62. The van der Waals surface area contributed by atoms with E-state index in [1.165, 1.54) is 43.6 Å². The Hall–Kier alpha value is -1.02.